The van der Waals surface area contributed by atoms with Crippen molar-refractivity contribution in [3.8, 4) is 0 Å². The third-order valence-electron chi connectivity index (χ3n) is 3.88. The molecule has 0 radical (unpaired) electrons. The van der Waals surface area contributed by atoms with Crippen LogP contribution in [-0.2, 0) is 9.59 Å². The molecule has 0 bridgehead atoms. The van der Waals surface area contributed by atoms with Crippen LogP contribution in [0.4, 0.5) is 4.39 Å². The molecular weight excluding hydrogens is 321 g/mol. The second kappa shape index (κ2) is 8.26. The zero-order valence-electron chi connectivity index (χ0n) is 13.0. The molecule has 1 heterocycles. The Morgan fingerprint density at radius 3 is 3.00 bits per heavy atom. The number of hydrogen-bond acceptors (Lipinski definition) is 3. The van der Waals surface area contributed by atoms with Crippen molar-refractivity contribution in [1.29, 1.82) is 0 Å². The second-order valence-corrected chi connectivity index (χ2v) is 6.09. The molecule has 7 heteroatoms. The molecule has 2 atom stereocenters. The van der Waals surface area contributed by atoms with E-state index in [4.69, 9.17) is 11.6 Å². The Labute approximate surface area is 140 Å². The minimum atomic E-state index is -0.472. The van der Waals surface area contributed by atoms with Gasteiger partial charge in [0.1, 0.15) is 11.9 Å². The first-order chi connectivity index (χ1) is 11.0. The quantitative estimate of drug-likeness (QED) is 0.766. The summed E-state index contributed by atoms with van der Waals surface area (Å²) in [5.41, 5.74) is 0.788. The molecule has 126 valence electrons. The lowest BCUT2D eigenvalue weighted by Crippen LogP contribution is -2.48. The van der Waals surface area contributed by atoms with Crippen molar-refractivity contribution in [2.45, 2.75) is 38.3 Å². The Balaban J connectivity index is 1.83. The number of amides is 2. The minimum absolute atomic E-state index is 0.0516. The SMILES string of the molecule is C[C@H](NCC(=O)N[C@@H]1CCCCNC1=O)c1ccc(F)c(Cl)c1. The van der Waals surface area contributed by atoms with Crippen LogP contribution in [0.2, 0.25) is 5.02 Å². The van der Waals surface area contributed by atoms with E-state index in [1.165, 1.54) is 12.1 Å². The number of halogens is 2. The lowest BCUT2D eigenvalue weighted by atomic mass is 10.1. The Hall–Kier alpha value is -1.66. The number of benzene rings is 1. The van der Waals surface area contributed by atoms with E-state index in [1.54, 1.807) is 6.07 Å². The molecule has 1 aromatic carbocycles. The number of nitrogens with one attached hydrogen (secondary N) is 3. The Morgan fingerprint density at radius 2 is 2.26 bits per heavy atom. The van der Waals surface area contributed by atoms with Crippen LogP contribution >= 0.6 is 11.6 Å². The van der Waals surface area contributed by atoms with E-state index in [-0.39, 0.29) is 29.4 Å². The van der Waals surface area contributed by atoms with Crippen LogP contribution in [0.25, 0.3) is 0 Å². The molecule has 3 N–H and O–H groups in total. The van der Waals surface area contributed by atoms with Gasteiger partial charge in [-0.3, -0.25) is 9.59 Å². The van der Waals surface area contributed by atoms with E-state index in [2.05, 4.69) is 16.0 Å². The number of hydrogen-bond donors (Lipinski definition) is 3. The number of carbonyl (C=O) groups is 2. The van der Waals surface area contributed by atoms with E-state index in [9.17, 15) is 14.0 Å². The highest BCUT2D eigenvalue weighted by Crippen LogP contribution is 2.20. The maximum atomic E-state index is 13.2. The van der Waals surface area contributed by atoms with Gasteiger partial charge in [0.05, 0.1) is 11.6 Å². The molecule has 1 aromatic rings. The molecule has 1 aliphatic heterocycles. The maximum absolute atomic E-state index is 13.2. The van der Waals surface area contributed by atoms with Gasteiger partial charge in [-0.25, -0.2) is 4.39 Å². The summed E-state index contributed by atoms with van der Waals surface area (Å²) in [5, 5.41) is 8.61. The molecule has 0 saturated carbocycles. The van der Waals surface area contributed by atoms with Gasteiger partial charge >= 0.3 is 0 Å². The first-order valence-corrected chi connectivity index (χ1v) is 8.10. The van der Waals surface area contributed by atoms with Gasteiger partial charge in [0.2, 0.25) is 11.8 Å². The lowest BCUT2D eigenvalue weighted by Gasteiger charge is -2.18. The molecule has 2 rings (SSSR count). The van der Waals surface area contributed by atoms with Crippen molar-refractivity contribution < 1.29 is 14.0 Å². The zero-order chi connectivity index (χ0) is 16.8. The largest absolute Gasteiger partial charge is 0.354 e. The summed E-state index contributed by atoms with van der Waals surface area (Å²) >= 11 is 5.75. The molecule has 1 aliphatic rings. The summed E-state index contributed by atoms with van der Waals surface area (Å²) in [6.07, 6.45) is 2.49. The summed E-state index contributed by atoms with van der Waals surface area (Å²) in [7, 11) is 0. The van der Waals surface area contributed by atoms with Gasteiger partial charge in [-0.15, -0.1) is 0 Å². The first kappa shape index (κ1) is 17.7. The maximum Gasteiger partial charge on any atom is 0.242 e. The first-order valence-electron chi connectivity index (χ1n) is 7.73. The molecule has 23 heavy (non-hydrogen) atoms. The van der Waals surface area contributed by atoms with Crippen LogP contribution in [0.15, 0.2) is 18.2 Å². The summed E-state index contributed by atoms with van der Waals surface area (Å²) in [6, 6.07) is 3.82. The Bertz CT molecular complexity index is 582. The number of rotatable bonds is 5. The van der Waals surface area contributed by atoms with Crippen LogP contribution in [-0.4, -0.2) is 30.9 Å². The smallest absolute Gasteiger partial charge is 0.242 e. The summed E-state index contributed by atoms with van der Waals surface area (Å²) in [5.74, 6) is -0.846. The highest BCUT2D eigenvalue weighted by molar-refractivity contribution is 6.30. The highest BCUT2D eigenvalue weighted by atomic mass is 35.5. The molecular formula is C16H21ClFN3O2. The topological polar surface area (TPSA) is 70.2 Å². The van der Waals surface area contributed by atoms with Gasteiger partial charge in [0.15, 0.2) is 0 Å². The number of carbonyl (C=O) groups excluding carboxylic acids is 2. The molecule has 2 amide bonds. The molecule has 1 saturated heterocycles. The predicted molar refractivity (Wildman–Crippen MR) is 86.6 cm³/mol. The second-order valence-electron chi connectivity index (χ2n) is 5.68. The Kier molecular flexibility index (Phi) is 6.36. The van der Waals surface area contributed by atoms with E-state index in [1.807, 2.05) is 6.92 Å². The monoisotopic (exact) mass is 341 g/mol. The predicted octanol–water partition coefficient (Wildman–Crippen LogP) is 1.91. The van der Waals surface area contributed by atoms with Crippen molar-refractivity contribution in [1.82, 2.24) is 16.0 Å². The van der Waals surface area contributed by atoms with Gasteiger partial charge < -0.3 is 16.0 Å². The fourth-order valence-electron chi connectivity index (χ4n) is 2.47. The lowest BCUT2D eigenvalue weighted by molar-refractivity contribution is -0.128. The van der Waals surface area contributed by atoms with E-state index >= 15 is 0 Å². The van der Waals surface area contributed by atoms with Crippen molar-refractivity contribution in [3.63, 3.8) is 0 Å². The average molecular weight is 342 g/mol. The average Bonchev–Trinajstić information content (AvgIpc) is 2.72. The van der Waals surface area contributed by atoms with Crippen molar-refractivity contribution in [2.24, 2.45) is 0 Å². The molecule has 0 aliphatic carbocycles. The van der Waals surface area contributed by atoms with Crippen LogP contribution in [0, 0.1) is 5.82 Å². The van der Waals surface area contributed by atoms with Gasteiger partial charge in [0, 0.05) is 12.6 Å². The standard InChI is InChI=1S/C16H21ClFN3O2/c1-10(11-5-6-13(18)12(17)8-11)20-9-15(22)21-14-4-2-3-7-19-16(14)23/h5-6,8,10,14,20H,2-4,7,9H2,1H3,(H,19,23)(H,21,22)/t10-,14+/m0/s1. The Morgan fingerprint density at radius 1 is 1.48 bits per heavy atom. The third-order valence-corrected chi connectivity index (χ3v) is 4.17. The zero-order valence-corrected chi connectivity index (χ0v) is 13.8. The van der Waals surface area contributed by atoms with Crippen molar-refractivity contribution >= 4 is 23.4 Å². The molecule has 5 nitrogen and oxygen atoms in total. The minimum Gasteiger partial charge on any atom is -0.354 e. The van der Waals surface area contributed by atoms with Crippen molar-refractivity contribution in [3.05, 3.63) is 34.6 Å². The van der Waals surface area contributed by atoms with Crippen LogP contribution in [0.1, 0.15) is 37.8 Å². The summed E-state index contributed by atoms with van der Waals surface area (Å²) in [6.45, 7) is 2.58. The summed E-state index contributed by atoms with van der Waals surface area (Å²) in [4.78, 5) is 23.8. The van der Waals surface area contributed by atoms with Crippen LogP contribution in [0.5, 0.6) is 0 Å². The fraction of sp³-hybridized carbons (Fsp3) is 0.500. The van der Waals surface area contributed by atoms with Gasteiger partial charge in [-0.1, -0.05) is 17.7 Å². The van der Waals surface area contributed by atoms with E-state index in [0.717, 1.165) is 18.4 Å². The third kappa shape index (κ3) is 5.18. The highest BCUT2D eigenvalue weighted by Gasteiger charge is 2.22. The molecule has 0 unspecified atom stereocenters. The van der Waals surface area contributed by atoms with Gasteiger partial charge in [0.25, 0.3) is 0 Å². The van der Waals surface area contributed by atoms with E-state index in [0.29, 0.717) is 13.0 Å². The molecule has 0 spiro atoms. The van der Waals surface area contributed by atoms with Crippen LogP contribution in [0.3, 0.4) is 0 Å². The summed E-state index contributed by atoms with van der Waals surface area (Å²) < 4.78 is 13.2. The normalized spacial score (nSPS) is 19.6. The van der Waals surface area contributed by atoms with Crippen LogP contribution < -0.4 is 16.0 Å². The van der Waals surface area contributed by atoms with Gasteiger partial charge in [-0.05, 0) is 43.9 Å². The molecule has 0 aromatic heterocycles. The van der Waals surface area contributed by atoms with E-state index < -0.39 is 11.9 Å². The van der Waals surface area contributed by atoms with Gasteiger partial charge in [-0.2, -0.15) is 0 Å². The molecule has 1 fully saturated rings. The fourth-order valence-corrected chi connectivity index (χ4v) is 2.66. The van der Waals surface area contributed by atoms with Crippen molar-refractivity contribution in [2.75, 3.05) is 13.1 Å².